The highest BCUT2D eigenvalue weighted by atomic mass is 16.5. The minimum atomic E-state index is -0.0601. The van der Waals surface area contributed by atoms with Crippen molar-refractivity contribution in [3.8, 4) is 0 Å². The molecule has 1 heterocycles. The van der Waals surface area contributed by atoms with Crippen molar-refractivity contribution in [1.29, 1.82) is 0 Å². The lowest BCUT2D eigenvalue weighted by atomic mass is 10.2. The van der Waals surface area contributed by atoms with Gasteiger partial charge in [0.1, 0.15) is 0 Å². The third-order valence-electron chi connectivity index (χ3n) is 2.39. The molecule has 0 unspecified atom stereocenters. The molecule has 0 aromatic carbocycles. The number of ether oxygens (including phenoxy) is 1. The summed E-state index contributed by atoms with van der Waals surface area (Å²) in [5, 5.41) is 8.54. The van der Waals surface area contributed by atoms with Gasteiger partial charge in [-0.15, -0.1) is 0 Å². The Kier molecular flexibility index (Phi) is 5.18. The second kappa shape index (κ2) is 6.42. The number of aliphatic hydroxyl groups excluding tert-OH is 1. The van der Waals surface area contributed by atoms with Crippen LogP contribution in [0.15, 0.2) is 16.9 Å². The summed E-state index contributed by atoms with van der Waals surface area (Å²) >= 11 is 0. The van der Waals surface area contributed by atoms with Gasteiger partial charge in [0, 0.05) is 24.3 Å². The Morgan fingerprint density at radius 3 is 2.81 bits per heavy atom. The van der Waals surface area contributed by atoms with E-state index in [1.54, 1.807) is 10.6 Å². The number of nitrogens with zero attached hydrogens (tertiary/aromatic N) is 1. The van der Waals surface area contributed by atoms with Crippen molar-refractivity contribution in [1.82, 2.24) is 4.57 Å². The highest BCUT2D eigenvalue weighted by molar-refractivity contribution is 5.15. The fourth-order valence-corrected chi connectivity index (χ4v) is 1.47. The molecule has 0 fully saturated rings. The Hall–Kier alpha value is -1.17. The molecule has 16 heavy (non-hydrogen) atoms. The van der Waals surface area contributed by atoms with Gasteiger partial charge in [-0.05, 0) is 13.0 Å². The lowest BCUT2D eigenvalue weighted by molar-refractivity contribution is 0.0862. The molecule has 1 rings (SSSR count). The van der Waals surface area contributed by atoms with Crippen molar-refractivity contribution in [2.24, 2.45) is 5.73 Å². The zero-order chi connectivity index (χ0) is 12.0. The Balaban J connectivity index is 2.74. The molecule has 0 atom stereocenters. The van der Waals surface area contributed by atoms with E-state index in [0.29, 0.717) is 25.3 Å². The summed E-state index contributed by atoms with van der Waals surface area (Å²) in [4.78, 5) is 11.9. The topological polar surface area (TPSA) is 77.5 Å². The normalized spacial score (nSPS) is 10.7. The van der Waals surface area contributed by atoms with Gasteiger partial charge in [-0.2, -0.15) is 0 Å². The van der Waals surface area contributed by atoms with E-state index in [4.69, 9.17) is 15.6 Å². The fraction of sp³-hybridized carbons (Fsp3) is 0.545. The van der Waals surface area contributed by atoms with Crippen LogP contribution in [0.3, 0.4) is 0 Å². The summed E-state index contributed by atoms with van der Waals surface area (Å²) in [7, 11) is 0. The molecule has 0 spiro atoms. The molecular weight excluding hydrogens is 208 g/mol. The minimum Gasteiger partial charge on any atom is -0.394 e. The maximum absolute atomic E-state index is 11.9. The zero-order valence-corrected chi connectivity index (χ0v) is 9.48. The zero-order valence-electron chi connectivity index (χ0n) is 9.48. The van der Waals surface area contributed by atoms with Gasteiger partial charge < -0.3 is 20.1 Å². The Bertz CT molecular complexity index is 387. The van der Waals surface area contributed by atoms with Crippen molar-refractivity contribution in [3.63, 3.8) is 0 Å². The van der Waals surface area contributed by atoms with Crippen molar-refractivity contribution < 1.29 is 9.84 Å². The van der Waals surface area contributed by atoms with Crippen molar-refractivity contribution in [2.75, 3.05) is 19.8 Å². The molecule has 1 aromatic rings. The van der Waals surface area contributed by atoms with Crippen molar-refractivity contribution >= 4 is 0 Å². The van der Waals surface area contributed by atoms with Gasteiger partial charge in [0.15, 0.2) is 0 Å². The van der Waals surface area contributed by atoms with Crippen LogP contribution in [-0.2, 0) is 17.8 Å². The summed E-state index contributed by atoms with van der Waals surface area (Å²) in [5.41, 5.74) is 6.90. The molecule has 0 radical (unpaired) electrons. The third kappa shape index (κ3) is 3.16. The Morgan fingerprint density at radius 1 is 1.44 bits per heavy atom. The molecule has 5 heteroatoms. The molecule has 90 valence electrons. The van der Waals surface area contributed by atoms with Crippen LogP contribution in [0.5, 0.6) is 0 Å². The number of aliphatic hydroxyl groups is 1. The average molecular weight is 226 g/mol. The highest BCUT2D eigenvalue weighted by Gasteiger charge is 2.04. The van der Waals surface area contributed by atoms with E-state index in [9.17, 15) is 4.79 Å². The first-order valence-corrected chi connectivity index (χ1v) is 5.28. The second-order valence-electron chi connectivity index (χ2n) is 3.50. The molecule has 0 amide bonds. The third-order valence-corrected chi connectivity index (χ3v) is 2.39. The van der Waals surface area contributed by atoms with Gasteiger partial charge >= 0.3 is 0 Å². The first-order valence-electron chi connectivity index (χ1n) is 5.28. The molecule has 0 aliphatic heterocycles. The predicted molar refractivity (Wildman–Crippen MR) is 61.2 cm³/mol. The van der Waals surface area contributed by atoms with Gasteiger partial charge in [-0.25, -0.2) is 0 Å². The molecule has 0 saturated carbocycles. The van der Waals surface area contributed by atoms with Gasteiger partial charge in [0.2, 0.25) is 0 Å². The van der Waals surface area contributed by atoms with Gasteiger partial charge in [-0.1, -0.05) is 6.07 Å². The lowest BCUT2D eigenvalue weighted by Gasteiger charge is -2.11. The summed E-state index contributed by atoms with van der Waals surface area (Å²) in [6.45, 7) is 3.30. The fourth-order valence-electron chi connectivity index (χ4n) is 1.47. The molecule has 1 aromatic heterocycles. The van der Waals surface area contributed by atoms with Crippen LogP contribution in [0.4, 0.5) is 0 Å². The summed E-state index contributed by atoms with van der Waals surface area (Å²) in [6.07, 6.45) is 0. The Labute approximate surface area is 94.5 Å². The van der Waals surface area contributed by atoms with Crippen molar-refractivity contribution in [3.05, 3.63) is 33.7 Å². The maximum atomic E-state index is 11.9. The van der Waals surface area contributed by atoms with E-state index in [2.05, 4.69) is 0 Å². The number of nitrogens with two attached hydrogens (primary N) is 1. The van der Waals surface area contributed by atoms with Crippen LogP contribution in [-0.4, -0.2) is 29.5 Å². The summed E-state index contributed by atoms with van der Waals surface area (Å²) in [6, 6.07) is 3.62. The van der Waals surface area contributed by atoms with Crippen LogP contribution in [0.2, 0.25) is 0 Å². The van der Waals surface area contributed by atoms with Crippen LogP contribution >= 0.6 is 0 Å². The highest BCUT2D eigenvalue weighted by Crippen LogP contribution is 1.98. The molecule has 5 nitrogen and oxygen atoms in total. The van der Waals surface area contributed by atoms with Crippen LogP contribution in [0.1, 0.15) is 11.3 Å². The van der Waals surface area contributed by atoms with E-state index in [1.165, 1.54) is 0 Å². The smallest absolute Gasteiger partial charge is 0.255 e. The number of hydrogen-bond donors (Lipinski definition) is 2. The first kappa shape index (κ1) is 12.9. The SMILES string of the molecule is Cc1ccc(CN)c(=O)n1CCOCCO. The predicted octanol–water partition coefficient (Wildman–Crippen LogP) is -0.376. The lowest BCUT2D eigenvalue weighted by Crippen LogP contribution is -2.28. The number of rotatable bonds is 6. The van der Waals surface area contributed by atoms with Gasteiger partial charge in [0.05, 0.1) is 19.8 Å². The maximum Gasteiger partial charge on any atom is 0.255 e. The van der Waals surface area contributed by atoms with E-state index in [-0.39, 0.29) is 18.7 Å². The van der Waals surface area contributed by atoms with Crippen LogP contribution < -0.4 is 11.3 Å². The quantitative estimate of drug-likeness (QED) is 0.648. The summed E-state index contributed by atoms with van der Waals surface area (Å²) in [5.74, 6) is 0. The standard InChI is InChI=1S/C11H18N2O3/c1-9-2-3-10(8-12)11(15)13(9)4-6-16-7-5-14/h2-3,14H,4-8,12H2,1H3. The molecule has 0 saturated heterocycles. The van der Waals surface area contributed by atoms with E-state index in [1.807, 2.05) is 13.0 Å². The molecule has 0 bridgehead atoms. The molecular formula is C11H18N2O3. The largest absolute Gasteiger partial charge is 0.394 e. The van der Waals surface area contributed by atoms with Gasteiger partial charge in [-0.3, -0.25) is 4.79 Å². The Morgan fingerprint density at radius 2 is 2.19 bits per heavy atom. The number of hydrogen-bond acceptors (Lipinski definition) is 4. The van der Waals surface area contributed by atoms with Gasteiger partial charge in [0.25, 0.3) is 5.56 Å². The number of aromatic nitrogens is 1. The first-order chi connectivity index (χ1) is 7.70. The second-order valence-corrected chi connectivity index (χ2v) is 3.50. The van der Waals surface area contributed by atoms with Crippen LogP contribution in [0.25, 0.3) is 0 Å². The minimum absolute atomic E-state index is 0.00325. The van der Waals surface area contributed by atoms with E-state index >= 15 is 0 Å². The van der Waals surface area contributed by atoms with Crippen LogP contribution in [0, 0.1) is 6.92 Å². The number of pyridine rings is 1. The summed E-state index contributed by atoms with van der Waals surface area (Å²) < 4.78 is 6.77. The molecule has 0 aliphatic carbocycles. The molecule has 3 N–H and O–H groups in total. The average Bonchev–Trinajstić information content (AvgIpc) is 2.28. The monoisotopic (exact) mass is 226 g/mol. The number of aryl methyl sites for hydroxylation is 1. The molecule has 0 aliphatic rings. The van der Waals surface area contributed by atoms with E-state index < -0.39 is 0 Å². The van der Waals surface area contributed by atoms with Crippen molar-refractivity contribution in [2.45, 2.75) is 20.0 Å². The van der Waals surface area contributed by atoms with E-state index in [0.717, 1.165) is 5.69 Å².